The van der Waals surface area contributed by atoms with Crippen molar-refractivity contribution in [3.05, 3.63) is 5.01 Å². The molecule has 1 aliphatic rings. The Morgan fingerprint density at radius 1 is 1.55 bits per heavy atom. The zero-order valence-corrected chi connectivity index (χ0v) is 12.7. The zero-order chi connectivity index (χ0) is 14.4. The molecule has 7 heteroatoms. The van der Waals surface area contributed by atoms with Crippen LogP contribution < -0.4 is 5.32 Å². The molecule has 1 aromatic heterocycles. The number of aliphatic hydroxyl groups is 1. The SMILES string of the molecule is CCCCc1nnc(NC(=O)CN2CCC(CO)C2)s1. The van der Waals surface area contributed by atoms with Gasteiger partial charge in [0.15, 0.2) is 0 Å². The van der Waals surface area contributed by atoms with E-state index in [1.54, 1.807) is 0 Å². The minimum absolute atomic E-state index is 0.0539. The average molecular weight is 298 g/mol. The van der Waals surface area contributed by atoms with E-state index in [4.69, 9.17) is 5.11 Å². The summed E-state index contributed by atoms with van der Waals surface area (Å²) < 4.78 is 0. The highest BCUT2D eigenvalue weighted by molar-refractivity contribution is 7.15. The predicted molar refractivity (Wildman–Crippen MR) is 78.8 cm³/mol. The van der Waals surface area contributed by atoms with Crippen LogP contribution in [-0.2, 0) is 11.2 Å². The maximum Gasteiger partial charge on any atom is 0.240 e. The van der Waals surface area contributed by atoms with E-state index in [0.717, 1.165) is 43.8 Å². The van der Waals surface area contributed by atoms with Gasteiger partial charge in [-0.3, -0.25) is 15.0 Å². The van der Waals surface area contributed by atoms with Crippen LogP contribution in [0.5, 0.6) is 0 Å². The van der Waals surface area contributed by atoms with Crippen LogP contribution in [0.2, 0.25) is 0 Å². The summed E-state index contributed by atoms with van der Waals surface area (Å²) in [4.78, 5) is 14.0. The van der Waals surface area contributed by atoms with Gasteiger partial charge in [-0.2, -0.15) is 0 Å². The molecule has 0 bridgehead atoms. The van der Waals surface area contributed by atoms with Crippen LogP contribution in [0.1, 0.15) is 31.2 Å². The highest BCUT2D eigenvalue weighted by Gasteiger charge is 2.23. The van der Waals surface area contributed by atoms with E-state index in [1.807, 2.05) is 0 Å². The van der Waals surface area contributed by atoms with E-state index in [-0.39, 0.29) is 12.5 Å². The summed E-state index contributed by atoms with van der Waals surface area (Å²) in [5.74, 6) is 0.256. The minimum Gasteiger partial charge on any atom is -0.396 e. The number of amides is 1. The average Bonchev–Trinajstić information content (AvgIpc) is 3.05. The summed E-state index contributed by atoms with van der Waals surface area (Å²) >= 11 is 1.45. The van der Waals surface area contributed by atoms with Gasteiger partial charge in [-0.25, -0.2) is 0 Å². The molecule has 0 spiro atoms. The zero-order valence-electron chi connectivity index (χ0n) is 11.8. The van der Waals surface area contributed by atoms with Gasteiger partial charge >= 0.3 is 0 Å². The highest BCUT2D eigenvalue weighted by atomic mass is 32.1. The third-order valence-corrected chi connectivity index (χ3v) is 4.35. The highest BCUT2D eigenvalue weighted by Crippen LogP contribution is 2.18. The molecular weight excluding hydrogens is 276 g/mol. The first kappa shape index (κ1) is 15.3. The van der Waals surface area contributed by atoms with E-state index in [1.165, 1.54) is 11.3 Å². The first-order valence-electron chi connectivity index (χ1n) is 7.16. The number of rotatable bonds is 7. The molecule has 1 aliphatic heterocycles. The molecule has 0 aromatic carbocycles. The lowest BCUT2D eigenvalue weighted by Gasteiger charge is -2.14. The molecular formula is C13H22N4O2S. The number of carbonyl (C=O) groups is 1. The molecule has 1 atom stereocenters. The van der Waals surface area contributed by atoms with Gasteiger partial charge < -0.3 is 5.11 Å². The molecule has 1 fully saturated rings. The Balaban J connectivity index is 1.75. The van der Waals surface area contributed by atoms with Crippen LogP contribution in [0.25, 0.3) is 0 Å². The van der Waals surface area contributed by atoms with Crippen molar-refractivity contribution >= 4 is 22.4 Å². The van der Waals surface area contributed by atoms with Crippen molar-refractivity contribution in [2.45, 2.75) is 32.6 Å². The second-order valence-electron chi connectivity index (χ2n) is 5.23. The molecule has 1 unspecified atom stereocenters. The molecule has 2 rings (SSSR count). The molecule has 2 N–H and O–H groups in total. The Kier molecular flexibility index (Phi) is 5.87. The molecule has 0 radical (unpaired) electrons. The van der Waals surface area contributed by atoms with Crippen LogP contribution in [-0.4, -0.2) is 52.4 Å². The van der Waals surface area contributed by atoms with E-state index in [0.29, 0.717) is 17.6 Å². The quantitative estimate of drug-likeness (QED) is 0.789. The number of unbranched alkanes of at least 4 members (excludes halogenated alkanes) is 1. The van der Waals surface area contributed by atoms with Crippen molar-refractivity contribution in [3.8, 4) is 0 Å². The summed E-state index contributed by atoms with van der Waals surface area (Å²) in [6.07, 6.45) is 4.11. The van der Waals surface area contributed by atoms with Crippen LogP contribution in [0.4, 0.5) is 5.13 Å². The normalized spacial score (nSPS) is 19.4. The standard InChI is InChI=1S/C13H22N4O2S/c1-2-3-4-12-15-16-13(20-12)14-11(19)8-17-6-5-10(7-17)9-18/h10,18H,2-9H2,1H3,(H,14,16,19). The number of aromatic nitrogens is 2. The number of likely N-dealkylation sites (tertiary alicyclic amines) is 1. The Labute approximate surface area is 123 Å². The molecule has 20 heavy (non-hydrogen) atoms. The Hall–Kier alpha value is -1.05. The largest absolute Gasteiger partial charge is 0.396 e. The summed E-state index contributed by atoms with van der Waals surface area (Å²) in [5.41, 5.74) is 0. The minimum atomic E-state index is -0.0539. The van der Waals surface area contributed by atoms with Crippen LogP contribution in [0, 0.1) is 5.92 Å². The van der Waals surface area contributed by atoms with Gasteiger partial charge in [0, 0.05) is 19.6 Å². The van der Waals surface area contributed by atoms with Gasteiger partial charge in [0.2, 0.25) is 11.0 Å². The summed E-state index contributed by atoms with van der Waals surface area (Å²) in [6, 6.07) is 0. The lowest BCUT2D eigenvalue weighted by Crippen LogP contribution is -2.31. The monoisotopic (exact) mass is 298 g/mol. The van der Waals surface area contributed by atoms with Crippen molar-refractivity contribution in [1.82, 2.24) is 15.1 Å². The summed E-state index contributed by atoms with van der Waals surface area (Å²) in [6.45, 7) is 4.37. The number of hydrogen-bond donors (Lipinski definition) is 2. The van der Waals surface area contributed by atoms with Crippen molar-refractivity contribution in [3.63, 3.8) is 0 Å². The number of anilines is 1. The Morgan fingerprint density at radius 2 is 2.40 bits per heavy atom. The summed E-state index contributed by atoms with van der Waals surface area (Å²) in [5, 5.41) is 21.5. The Bertz CT molecular complexity index is 438. The summed E-state index contributed by atoms with van der Waals surface area (Å²) in [7, 11) is 0. The van der Waals surface area contributed by atoms with Crippen LogP contribution >= 0.6 is 11.3 Å². The first-order valence-corrected chi connectivity index (χ1v) is 7.98. The number of aliphatic hydroxyl groups excluding tert-OH is 1. The van der Waals surface area contributed by atoms with E-state index in [2.05, 4.69) is 27.3 Å². The van der Waals surface area contributed by atoms with Gasteiger partial charge in [0.25, 0.3) is 0 Å². The van der Waals surface area contributed by atoms with Gasteiger partial charge in [-0.15, -0.1) is 10.2 Å². The van der Waals surface area contributed by atoms with Crippen molar-refractivity contribution in [2.24, 2.45) is 5.92 Å². The Morgan fingerprint density at radius 3 is 3.10 bits per heavy atom. The molecule has 1 aromatic rings. The first-order chi connectivity index (χ1) is 9.71. The second-order valence-corrected chi connectivity index (χ2v) is 6.29. The number of aryl methyl sites for hydroxylation is 1. The second kappa shape index (κ2) is 7.66. The third kappa shape index (κ3) is 4.50. The number of nitrogens with zero attached hydrogens (tertiary/aromatic N) is 3. The number of nitrogens with one attached hydrogen (secondary N) is 1. The molecule has 1 saturated heterocycles. The van der Waals surface area contributed by atoms with Crippen LogP contribution in [0.15, 0.2) is 0 Å². The maximum atomic E-state index is 11.9. The topological polar surface area (TPSA) is 78.4 Å². The molecule has 112 valence electrons. The van der Waals surface area contributed by atoms with E-state index in [9.17, 15) is 4.79 Å². The number of hydrogen-bond acceptors (Lipinski definition) is 6. The van der Waals surface area contributed by atoms with E-state index < -0.39 is 0 Å². The van der Waals surface area contributed by atoms with Crippen LogP contribution in [0.3, 0.4) is 0 Å². The van der Waals surface area contributed by atoms with Crippen molar-refractivity contribution in [1.29, 1.82) is 0 Å². The smallest absolute Gasteiger partial charge is 0.240 e. The number of carbonyl (C=O) groups excluding carboxylic acids is 1. The van der Waals surface area contributed by atoms with Gasteiger partial charge in [-0.1, -0.05) is 24.7 Å². The van der Waals surface area contributed by atoms with Gasteiger partial charge in [-0.05, 0) is 25.3 Å². The molecule has 0 saturated carbocycles. The van der Waals surface area contributed by atoms with Crippen molar-refractivity contribution < 1.29 is 9.90 Å². The lowest BCUT2D eigenvalue weighted by molar-refractivity contribution is -0.117. The van der Waals surface area contributed by atoms with E-state index >= 15 is 0 Å². The molecule has 2 heterocycles. The fourth-order valence-corrected chi connectivity index (χ4v) is 3.10. The fourth-order valence-electron chi connectivity index (χ4n) is 2.30. The third-order valence-electron chi connectivity index (χ3n) is 3.45. The fraction of sp³-hybridized carbons (Fsp3) is 0.769. The van der Waals surface area contributed by atoms with Gasteiger partial charge in [0.05, 0.1) is 6.54 Å². The predicted octanol–water partition coefficient (Wildman–Crippen LogP) is 1.13. The molecule has 0 aliphatic carbocycles. The molecule has 1 amide bonds. The van der Waals surface area contributed by atoms with Gasteiger partial charge in [0.1, 0.15) is 5.01 Å². The maximum absolute atomic E-state index is 11.9. The lowest BCUT2D eigenvalue weighted by atomic mass is 10.1. The van der Waals surface area contributed by atoms with Crippen molar-refractivity contribution in [2.75, 3.05) is 31.6 Å². The molecule has 6 nitrogen and oxygen atoms in total.